The number of hydrogen-bond acceptors (Lipinski definition) is 7. The highest BCUT2D eigenvalue weighted by Gasteiger charge is 2.22. The van der Waals surface area contributed by atoms with Gasteiger partial charge < -0.3 is 9.73 Å². The van der Waals surface area contributed by atoms with E-state index in [0.717, 1.165) is 11.3 Å². The van der Waals surface area contributed by atoms with Crippen LogP contribution < -0.4 is 5.32 Å². The van der Waals surface area contributed by atoms with Crippen LogP contribution in [0, 0.1) is 6.92 Å². The van der Waals surface area contributed by atoms with Crippen molar-refractivity contribution in [2.24, 2.45) is 0 Å². The fourth-order valence-corrected chi connectivity index (χ4v) is 4.39. The Morgan fingerprint density at radius 1 is 1.13 bits per heavy atom. The van der Waals surface area contributed by atoms with Gasteiger partial charge in [-0.05, 0) is 59.3 Å². The van der Waals surface area contributed by atoms with Gasteiger partial charge in [-0.3, -0.25) is 4.79 Å². The molecule has 152 valence electrons. The number of tetrazole rings is 1. The summed E-state index contributed by atoms with van der Waals surface area (Å²) in [5, 5.41) is 13.8. The first-order valence-corrected chi connectivity index (χ1v) is 10.6. The highest BCUT2D eigenvalue weighted by molar-refractivity contribution is 7.90. The van der Waals surface area contributed by atoms with Crippen LogP contribution in [0.15, 0.2) is 76.5 Å². The monoisotopic (exact) mass is 423 g/mol. The number of aromatic nitrogens is 4. The van der Waals surface area contributed by atoms with E-state index < -0.39 is 15.7 Å². The van der Waals surface area contributed by atoms with Crippen molar-refractivity contribution < 1.29 is 17.6 Å². The van der Waals surface area contributed by atoms with Gasteiger partial charge in [0.25, 0.3) is 5.91 Å². The molecule has 30 heavy (non-hydrogen) atoms. The van der Waals surface area contributed by atoms with Crippen LogP contribution in [0.25, 0.3) is 5.69 Å². The van der Waals surface area contributed by atoms with Crippen molar-refractivity contribution >= 4 is 21.4 Å². The van der Waals surface area contributed by atoms with Crippen LogP contribution in [-0.2, 0) is 15.6 Å². The Labute approximate surface area is 172 Å². The predicted molar refractivity (Wildman–Crippen MR) is 108 cm³/mol. The molecule has 4 rings (SSSR count). The van der Waals surface area contributed by atoms with E-state index in [-0.39, 0.29) is 16.4 Å². The molecule has 1 amide bonds. The Morgan fingerprint density at radius 2 is 1.93 bits per heavy atom. The molecule has 0 fully saturated rings. The summed E-state index contributed by atoms with van der Waals surface area (Å²) in [7, 11) is -3.61. The van der Waals surface area contributed by atoms with E-state index in [4.69, 9.17) is 4.42 Å². The summed E-state index contributed by atoms with van der Waals surface area (Å²) in [5.41, 5.74) is 2.43. The van der Waals surface area contributed by atoms with E-state index in [1.807, 2.05) is 6.92 Å². The summed E-state index contributed by atoms with van der Waals surface area (Å²) in [6, 6.07) is 14.8. The van der Waals surface area contributed by atoms with Gasteiger partial charge in [-0.2, -0.15) is 0 Å². The summed E-state index contributed by atoms with van der Waals surface area (Å²) in [6.45, 7) is 1.86. The van der Waals surface area contributed by atoms with Gasteiger partial charge in [0.2, 0.25) is 0 Å². The minimum Gasteiger partial charge on any atom is -0.459 e. The maximum absolute atomic E-state index is 12.7. The number of benzene rings is 2. The summed E-state index contributed by atoms with van der Waals surface area (Å²) in [5.74, 6) is -0.919. The van der Waals surface area contributed by atoms with Crippen molar-refractivity contribution in [3.05, 3.63) is 84.1 Å². The Kier molecular flexibility index (Phi) is 5.15. The molecule has 0 radical (unpaired) electrons. The second-order valence-electron chi connectivity index (χ2n) is 6.56. The van der Waals surface area contributed by atoms with Crippen molar-refractivity contribution in [1.29, 1.82) is 0 Å². The fraction of sp³-hybridized carbons (Fsp3) is 0.100. The molecule has 0 saturated heterocycles. The zero-order valence-corrected chi connectivity index (χ0v) is 16.7. The van der Waals surface area contributed by atoms with Gasteiger partial charge in [0, 0.05) is 11.3 Å². The lowest BCUT2D eigenvalue weighted by molar-refractivity contribution is 0.0996. The molecule has 2 aromatic heterocycles. The van der Waals surface area contributed by atoms with Crippen molar-refractivity contribution in [3.63, 3.8) is 0 Å². The van der Waals surface area contributed by atoms with Crippen LogP contribution in [0.4, 0.5) is 5.69 Å². The smallest absolute Gasteiger partial charge is 0.291 e. The Bertz CT molecular complexity index is 1280. The average Bonchev–Trinajstić information content (AvgIpc) is 3.41. The van der Waals surface area contributed by atoms with Crippen molar-refractivity contribution in [3.8, 4) is 5.69 Å². The quantitative estimate of drug-likeness (QED) is 0.506. The van der Waals surface area contributed by atoms with Crippen LogP contribution in [-0.4, -0.2) is 34.5 Å². The molecule has 2 heterocycles. The maximum Gasteiger partial charge on any atom is 0.291 e. The molecule has 0 aliphatic carbocycles. The number of nitrogens with zero attached hydrogens (tertiary/aromatic N) is 4. The molecule has 0 aliphatic heterocycles. The topological polar surface area (TPSA) is 120 Å². The van der Waals surface area contributed by atoms with E-state index in [2.05, 4.69) is 20.8 Å². The van der Waals surface area contributed by atoms with Gasteiger partial charge in [-0.25, -0.2) is 13.1 Å². The molecule has 0 spiro atoms. The van der Waals surface area contributed by atoms with Crippen LogP contribution in [0.1, 0.15) is 21.7 Å². The van der Waals surface area contributed by atoms with E-state index in [1.54, 1.807) is 36.4 Å². The number of rotatable bonds is 6. The predicted octanol–water partition coefficient (Wildman–Crippen LogP) is 2.79. The molecule has 2 aromatic carbocycles. The average molecular weight is 423 g/mol. The number of sulfone groups is 1. The third kappa shape index (κ3) is 3.98. The molecule has 1 N–H and O–H groups in total. The third-order valence-corrected chi connectivity index (χ3v) is 6.13. The Morgan fingerprint density at radius 3 is 2.63 bits per heavy atom. The van der Waals surface area contributed by atoms with E-state index in [9.17, 15) is 13.2 Å². The fourth-order valence-electron chi connectivity index (χ4n) is 3.01. The van der Waals surface area contributed by atoms with Gasteiger partial charge in [-0.1, -0.05) is 18.2 Å². The molecule has 4 aromatic rings. The zero-order chi connectivity index (χ0) is 21.1. The lowest BCUT2D eigenvalue weighted by Gasteiger charge is -2.09. The van der Waals surface area contributed by atoms with Gasteiger partial charge in [0.1, 0.15) is 6.33 Å². The number of carbonyl (C=O) groups excluding carboxylic acids is 1. The minimum atomic E-state index is -3.61. The molecule has 0 bridgehead atoms. The number of furan rings is 1. The summed E-state index contributed by atoms with van der Waals surface area (Å²) in [4.78, 5) is 12.9. The first kappa shape index (κ1) is 19.5. The molecule has 0 aliphatic rings. The Hall–Kier alpha value is -3.79. The summed E-state index contributed by atoms with van der Waals surface area (Å²) < 4.78 is 32.1. The van der Waals surface area contributed by atoms with E-state index in [1.165, 1.54) is 35.5 Å². The van der Waals surface area contributed by atoms with Gasteiger partial charge >= 0.3 is 0 Å². The van der Waals surface area contributed by atoms with Crippen LogP contribution in [0.5, 0.6) is 0 Å². The van der Waals surface area contributed by atoms with Gasteiger partial charge in [0.15, 0.2) is 15.6 Å². The normalized spacial score (nSPS) is 11.4. The molecule has 9 nitrogen and oxygen atoms in total. The SMILES string of the molecule is Cc1cc(NC(=O)c2occc2CS(=O)(=O)c2ccccc2)ccc1-n1cnnn1. The Balaban J connectivity index is 1.53. The first-order valence-electron chi connectivity index (χ1n) is 8.93. The standard InChI is InChI=1S/C20H17N5O4S/c1-14-11-16(7-8-18(14)25-13-21-23-24-25)22-20(26)19-15(9-10-29-19)12-30(27,28)17-5-3-2-4-6-17/h2-11,13H,12H2,1H3,(H,22,26). The second kappa shape index (κ2) is 7.91. The van der Waals surface area contributed by atoms with Crippen LogP contribution in [0.2, 0.25) is 0 Å². The lowest BCUT2D eigenvalue weighted by Crippen LogP contribution is -2.15. The van der Waals surface area contributed by atoms with Crippen LogP contribution >= 0.6 is 0 Å². The highest BCUT2D eigenvalue weighted by Crippen LogP contribution is 2.22. The summed E-state index contributed by atoms with van der Waals surface area (Å²) >= 11 is 0. The number of aryl methyl sites for hydroxylation is 1. The maximum atomic E-state index is 12.7. The van der Waals surface area contributed by atoms with Gasteiger partial charge in [0.05, 0.1) is 22.6 Å². The number of amides is 1. The molecular weight excluding hydrogens is 406 g/mol. The molecular formula is C20H17N5O4S. The lowest BCUT2D eigenvalue weighted by atomic mass is 10.1. The van der Waals surface area contributed by atoms with Crippen molar-refractivity contribution in [1.82, 2.24) is 20.2 Å². The van der Waals surface area contributed by atoms with Gasteiger partial charge in [-0.15, -0.1) is 5.10 Å². The van der Waals surface area contributed by atoms with Crippen molar-refractivity contribution in [2.75, 3.05) is 5.32 Å². The van der Waals surface area contributed by atoms with E-state index >= 15 is 0 Å². The molecule has 10 heteroatoms. The minimum absolute atomic E-state index is 0.0447. The van der Waals surface area contributed by atoms with Crippen molar-refractivity contribution in [2.45, 2.75) is 17.6 Å². The highest BCUT2D eigenvalue weighted by atomic mass is 32.2. The van der Waals surface area contributed by atoms with Crippen LogP contribution in [0.3, 0.4) is 0 Å². The third-order valence-electron chi connectivity index (χ3n) is 4.45. The second-order valence-corrected chi connectivity index (χ2v) is 8.55. The summed E-state index contributed by atoms with van der Waals surface area (Å²) in [6.07, 6.45) is 2.78. The number of carbonyl (C=O) groups is 1. The molecule has 0 unspecified atom stereocenters. The number of hydrogen-bond donors (Lipinski definition) is 1. The van der Waals surface area contributed by atoms with E-state index in [0.29, 0.717) is 11.3 Å². The molecule has 0 saturated carbocycles. The molecule has 0 atom stereocenters. The first-order chi connectivity index (χ1) is 14.4. The number of nitrogens with one attached hydrogen (secondary N) is 1. The zero-order valence-electron chi connectivity index (χ0n) is 15.9. The number of anilines is 1. The largest absolute Gasteiger partial charge is 0.459 e.